The van der Waals surface area contributed by atoms with E-state index in [0.29, 0.717) is 0 Å². The van der Waals surface area contributed by atoms with Gasteiger partial charge in [0.1, 0.15) is 0 Å². The smallest absolute Gasteiger partial charge is 0.0357 e. The normalized spacial score (nSPS) is 15.1. The predicted octanol–water partition coefficient (Wildman–Crippen LogP) is 6.71. The molecule has 0 fully saturated rings. The molecule has 2 heteroatoms. The Morgan fingerprint density at radius 1 is 0.654 bits per heavy atom. The molecule has 1 aliphatic rings. The number of pyridine rings is 1. The molecule has 0 spiro atoms. The maximum atomic E-state index is 4.44. The number of rotatable bonds is 2. The van der Waals surface area contributed by atoms with E-state index in [1.54, 1.807) is 0 Å². The third kappa shape index (κ3) is 2.03. The fourth-order valence-corrected chi connectivity index (χ4v) is 8.25. The average Bonchev–Trinajstić information content (AvgIpc) is 3.00. The van der Waals surface area contributed by atoms with Gasteiger partial charge in [-0.3, -0.25) is 4.98 Å². The van der Waals surface area contributed by atoms with E-state index in [2.05, 4.69) is 96.8 Å². The Labute approximate surface area is 155 Å². The van der Waals surface area contributed by atoms with Crippen LogP contribution in [0.3, 0.4) is 0 Å². The first-order valence-corrected chi connectivity index (χ1v) is 10.4. The van der Waals surface area contributed by atoms with Crippen LogP contribution in [0.1, 0.15) is 5.56 Å². The van der Waals surface area contributed by atoms with Gasteiger partial charge in [0.15, 0.2) is 0 Å². The number of fused-ring (bicyclic) bond motifs is 3. The molecule has 1 aliphatic heterocycles. The Kier molecular flexibility index (Phi) is 3.47. The van der Waals surface area contributed by atoms with E-state index in [0.717, 1.165) is 0 Å². The second-order valence-corrected chi connectivity index (χ2v) is 9.66. The van der Waals surface area contributed by atoms with Crippen LogP contribution in [0.5, 0.6) is 0 Å². The zero-order valence-electron chi connectivity index (χ0n) is 14.6. The van der Waals surface area contributed by atoms with Gasteiger partial charge in [-0.05, 0) is 54.4 Å². The minimum atomic E-state index is -1.50. The molecule has 126 valence electrons. The van der Waals surface area contributed by atoms with Crippen molar-refractivity contribution in [2.24, 2.45) is 0 Å². The van der Waals surface area contributed by atoms with Gasteiger partial charge in [0.2, 0.25) is 0 Å². The SMILES string of the molecule is Cc1ccc2c(c1)S(c1ccccc1)(c1ccccc1)c1ccncc1-2. The number of benzene rings is 3. The molecule has 2 heterocycles. The number of nitrogens with zero attached hydrogens (tertiary/aromatic N) is 1. The molecule has 0 atom stereocenters. The van der Waals surface area contributed by atoms with Gasteiger partial charge in [0.05, 0.1) is 0 Å². The largest absolute Gasteiger partial charge is 0.264 e. The van der Waals surface area contributed by atoms with Crippen LogP contribution < -0.4 is 0 Å². The number of aromatic nitrogens is 1. The Morgan fingerprint density at radius 2 is 1.31 bits per heavy atom. The maximum Gasteiger partial charge on any atom is 0.0357 e. The number of aryl methyl sites for hydroxylation is 1. The molecule has 0 aliphatic carbocycles. The summed E-state index contributed by atoms with van der Waals surface area (Å²) < 4.78 is 0. The summed E-state index contributed by atoms with van der Waals surface area (Å²) in [6.45, 7) is 2.18. The van der Waals surface area contributed by atoms with Gasteiger partial charge in [-0.15, -0.1) is 10.0 Å². The second-order valence-electron chi connectivity index (χ2n) is 6.61. The van der Waals surface area contributed by atoms with Gasteiger partial charge in [0.25, 0.3) is 0 Å². The summed E-state index contributed by atoms with van der Waals surface area (Å²) in [6.07, 6.45) is 3.97. The number of hydrogen-bond acceptors (Lipinski definition) is 1. The highest BCUT2D eigenvalue weighted by atomic mass is 32.3. The summed E-state index contributed by atoms with van der Waals surface area (Å²) in [4.78, 5) is 10.0. The summed E-state index contributed by atoms with van der Waals surface area (Å²) in [5.41, 5.74) is 3.89. The third-order valence-corrected chi connectivity index (χ3v) is 9.03. The quantitative estimate of drug-likeness (QED) is 0.343. The zero-order valence-corrected chi connectivity index (χ0v) is 15.4. The van der Waals surface area contributed by atoms with Crippen LogP contribution in [-0.2, 0) is 0 Å². The Morgan fingerprint density at radius 3 is 1.96 bits per heavy atom. The van der Waals surface area contributed by atoms with Crippen molar-refractivity contribution < 1.29 is 0 Å². The molecule has 1 nitrogen and oxygen atoms in total. The van der Waals surface area contributed by atoms with Gasteiger partial charge in [-0.2, -0.15) is 0 Å². The molecule has 26 heavy (non-hydrogen) atoms. The van der Waals surface area contributed by atoms with Crippen molar-refractivity contribution >= 4 is 10.0 Å². The molecule has 0 amide bonds. The van der Waals surface area contributed by atoms with E-state index in [1.165, 1.54) is 36.3 Å². The highest BCUT2D eigenvalue weighted by Crippen LogP contribution is 2.79. The Bertz CT molecular complexity index is 1050. The molecule has 3 aromatic carbocycles. The monoisotopic (exact) mass is 353 g/mol. The summed E-state index contributed by atoms with van der Waals surface area (Å²) >= 11 is 0. The Balaban J connectivity index is 1.99. The van der Waals surface area contributed by atoms with Crippen molar-refractivity contribution in [3.05, 3.63) is 103 Å². The lowest BCUT2D eigenvalue weighted by Gasteiger charge is -2.39. The average molecular weight is 353 g/mol. The zero-order chi connectivity index (χ0) is 17.6. The fraction of sp³-hybridized carbons (Fsp3) is 0.0417. The molecule has 0 saturated carbocycles. The number of hydrogen-bond donors (Lipinski definition) is 0. The summed E-state index contributed by atoms with van der Waals surface area (Å²) in [5.74, 6) is 0. The first-order chi connectivity index (χ1) is 12.8. The van der Waals surface area contributed by atoms with E-state index in [1.807, 2.05) is 12.4 Å². The molecular formula is C24H19NS. The van der Waals surface area contributed by atoms with Gasteiger partial charge in [0, 0.05) is 37.5 Å². The molecular weight excluding hydrogens is 334 g/mol. The van der Waals surface area contributed by atoms with E-state index in [4.69, 9.17) is 0 Å². The van der Waals surface area contributed by atoms with Crippen LogP contribution in [0.15, 0.2) is 117 Å². The topological polar surface area (TPSA) is 12.9 Å². The predicted molar refractivity (Wildman–Crippen MR) is 108 cm³/mol. The van der Waals surface area contributed by atoms with Crippen LogP contribution >= 0.6 is 10.0 Å². The van der Waals surface area contributed by atoms with Crippen molar-refractivity contribution in [1.29, 1.82) is 0 Å². The molecule has 0 saturated heterocycles. The molecule has 0 radical (unpaired) electrons. The minimum Gasteiger partial charge on any atom is -0.264 e. The van der Waals surface area contributed by atoms with Gasteiger partial charge in [-0.1, -0.05) is 48.5 Å². The molecule has 4 aromatic rings. The lowest BCUT2D eigenvalue weighted by atomic mass is 10.1. The van der Waals surface area contributed by atoms with Crippen molar-refractivity contribution in [3.63, 3.8) is 0 Å². The first-order valence-electron chi connectivity index (χ1n) is 8.80. The maximum absolute atomic E-state index is 4.44. The van der Waals surface area contributed by atoms with Crippen LogP contribution in [0.25, 0.3) is 11.1 Å². The Hall–Kier alpha value is -2.84. The highest BCUT2D eigenvalue weighted by Gasteiger charge is 2.41. The van der Waals surface area contributed by atoms with E-state index >= 15 is 0 Å². The lowest BCUT2D eigenvalue weighted by Crippen LogP contribution is -2.01. The lowest BCUT2D eigenvalue weighted by molar-refractivity contribution is 1.25. The van der Waals surface area contributed by atoms with E-state index in [-0.39, 0.29) is 0 Å². The van der Waals surface area contributed by atoms with Crippen LogP contribution in [0, 0.1) is 6.92 Å². The van der Waals surface area contributed by atoms with Crippen LogP contribution in [0.2, 0.25) is 0 Å². The molecule has 0 N–H and O–H groups in total. The van der Waals surface area contributed by atoms with Crippen molar-refractivity contribution in [2.75, 3.05) is 0 Å². The molecule has 1 aromatic heterocycles. The summed E-state index contributed by atoms with van der Waals surface area (Å²) in [6, 6.07) is 31.0. The molecule has 0 bridgehead atoms. The van der Waals surface area contributed by atoms with Crippen LogP contribution in [-0.4, -0.2) is 4.98 Å². The van der Waals surface area contributed by atoms with Crippen LogP contribution in [0.4, 0.5) is 0 Å². The standard InChI is InChI=1S/C24H19NS/c1-18-12-13-21-22-17-25-15-14-23(22)26(24(21)16-18,19-8-4-2-5-9-19)20-10-6-3-7-11-20/h2-17H,1H3. The first kappa shape index (κ1) is 15.4. The molecule has 5 rings (SSSR count). The minimum absolute atomic E-state index is 1.27. The second kappa shape index (κ2) is 5.86. The fourth-order valence-electron chi connectivity index (χ4n) is 3.97. The summed E-state index contributed by atoms with van der Waals surface area (Å²) in [5, 5.41) is 0. The van der Waals surface area contributed by atoms with Crippen molar-refractivity contribution in [2.45, 2.75) is 26.5 Å². The third-order valence-electron chi connectivity index (χ3n) is 5.06. The highest BCUT2D eigenvalue weighted by molar-refractivity contribution is 8.34. The van der Waals surface area contributed by atoms with Gasteiger partial charge >= 0.3 is 0 Å². The van der Waals surface area contributed by atoms with E-state index in [9.17, 15) is 0 Å². The molecule has 0 unspecified atom stereocenters. The summed E-state index contributed by atoms with van der Waals surface area (Å²) in [7, 11) is -1.50. The van der Waals surface area contributed by atoms with E-state index < -0.39 is 10.0 Å². The van der Waals surface area contributed by atoms with Gasteiger partial charge in [-0.25, -0.2) is 0 Å². The van der Waals surface area contributed by atoms with Crippen molar-refractivity contribution in [3.8, 4) is 11.1 Å². The van der Waals surface area contributed by atoms with Gasteiger partial charge < -0.3 is 0 Å². The van der Waals surface area contributed by atoms with Crippen molar-refractivity contribution in [1.82, 2.24) is 4.98 Å².